The van der Waals surface area contributed by atoms with Crippen LogP contribution in [0.3, 0.4) is 0 Å². The molecule has 2 aromatic rings. The first-order chi connectivity index (χ1) is 10.9. The van der Waals surface area contributed by atoms with Crippen LogP contribution in [0.15, 0.2) is 41.3 Å². The number of rotatable bonds is 5. The largest absolute Gasteiger partial charge is 0.353 e. The minimum atomic E-state index is -0.567. The fraction of sp³-hybridized carbons (Fsp3) is 0.333. The normalized spacial score (nSPS) is 12.2. The first-order valence-corrected chi connectivity index (χ1v) is 7.71. The molecule has 1 aromatic carbocycles. The zero-order valence-corrected chi connectivity index (χ0v) is 13.7. The molecule has 4 N–H and O–H groups in total. The van der Waals surface area contributed by atoms with Gasteiger partial charge in [0.1, 0.15) is 0 Å². The lowest BCUT2D eigenvalue weighted by Crippen LogP contribution is -2.44. The summed E-state index contributed by atoms with van der Waals surface area (Å²) in [6.07, 6.45) is 2.12. The van der Waals surface area contributed by atoms with E-state index in [9.17, 15) is 9.59 Å². The fourth-order valence-corrected chi connectivity index (χ4v) is 2.53. The van der Waals surface area contributed by atoms with Crippen LogP contribution in [0.2, 0.25) is 0 Å². The van der Waals surface area contributed by atoms with Crippen LogP contribution in [0.25, 0.3) is 11.1 Å². The van der Waals surface area contributed by atoms with Gasteiger partial charge in [-0.2, -0.15) is 0 Å². The Morgan fingerprint density at radius 1 is 1.26 bits per heavy atom. The number of H-pyrrole nitrogens is 1. The van der Waals surface area contributed by atoms with Crippen molar-refractivity contribution >= 4 is 5.91 Å². The minimum Gasteiger partial charge on any atom is -0.353 e. The molecular formula is C18H23N3O2. The van der Waals surface area contributed by atoms with Crippen molar-refractivity contribution in [3.05, 3.63) is 58.0 Å². The van der Waals surface area contributed by atoms with Gasteiger partial charge in [-0.25, -0.2) is 0 Å². The third-order valence-corrected chi connectivity index (χ3v) is 3.60. The molecule has 0 saturated heterocycles. The maximum Gasteiger partial charge on any atom is 0.248 e. The van der Waals surface area contributed by atoms with Crippen molar-refractivity contribution in [2.45, 2.75) is 39.3 Å². The van der Waals surface area contributed by atoms with Gasteiger partial charge in [-0.1, -0.05) is 18.2 Å². The molecule has 0 aliphatic heterocycles. The van der Waals surface area contributed by atoms with Crippen molar-refractivity contribution in [1.29, 1.82) is 0 Å². The topological polar surface area (TPSA) is 88.0 Å². The molecule has 1 aromatic heterocycles. The highest BCUT2D eigenvalue weighted by Crippen LogP contribution is 2.23. The Bertz CT molecular complexity index is 750. The van der Waals surface area contributed by atoms with Crippen LogP contribution < -0.4 is 16.6 Å². The highest BCUT2D eigenvalue weighted by Gasteiger charge is 2.15. The smallest absolute Gasteiger partial charge is 0.248 e. The Hall–Kier alpha value is -2.40. The van der Waals surface area contributed by atoms with Crippen molar-refractivity contribution in [1.82, 2.24) is 10.3 Å². The van der Waals surface area contributed by atoms with Crippen LogP contribution in [0.4, 0.5) is 0 Å². The molecule has 23 heavy (non-hydrogen) atoms. The molecule has 5 heteroatoms. The van der Waals surface area contributed by atoms with Gasteiger partial charge in [0.2, 0.25) is 11.5 Å². The summed E-state index contributed by atoms with van der Waals surface area (Å²) < 4.78 is 0. The highest BCUT2D eigenvalue weighted by atomic mass is 16.2. The van der Waals surface area contributed by atoms with E-state index in [-0.39, 0.29) is 17.5 Å². The first kappa shape index (κ1) is 17.0. The minimum absolute atomic E-state index is 0.0776. The lowest BCUT2D eigenvalue weighted by molar-refractivity contribution is -0.122. The first-order valence-electron chi connectivity index (χ1n) is 7.71. The van der Waals surface area contributed by atoms with Gasteiger partial charge in [0, 0.05) is 18.3 Å². The van der Waals surface area contributed by atoms with Gasteiger partial charge in [0.15, 0.2) is 0 Å². The summed E-state index contributed by atoms with van der Waals surface area (Å²) in [6, 6.07) is 8.88. The van der Waals surface area contributed by atoms with E-state index in [4.69, 9.17) is 5.73 Å². The zero-order chi connectivity index (χ0) is 17.0. The average molecular weight is 313 g/mol. The summed E-state index contributed by atoms with van der Waals surface area (Å²) in [4.78, 5) is 25.9. The van der Waals surface area contributed by atoms with Crippen LogP contribution >= 0.6 is 0 Å². The van der Waals surface area contributed by atoms with E-state index < -0.39 is 6.04 Å². The number of carbonyl (C=O) groups excluding carboxylic acids is 1. The van der Waals surface area contributed by atoms with E-state index in [1.807, 2.05) is 45.0 Å². The average Bonchev–Trinajstić information content (AvgIpc) is 2.46. The predicted molar refractivity (Wildman–Crippen MR) is 92.2 cm³/mol. The van der Waals surface area contributed by atoms with Gasteiger partial charge in [-0.15, -0.1) is 0 Å². The lowest BCUT2D eigenvalue weighted by atomic mass is 9.96. The number of nitrogens with one attached hydrogen (secondary N) is 2. The summed E-state index contributed by atoms with van der Waals surface area (Å²) in [6.45, 7) is 5.80. The molecule has 5 nitrogen and oxygen atoms in total. The van der Waals surface area contributed by atoms with Crippen LogP contribution in [-0.4, -0.2) is 23.0 Å². The molecule has 0 fully saturated rings. The molecule has 1 amide bonds. The number of pyridine rings is 1. The summed E-state index contributed by atoms with van der Waals surface area (Å²) in [5, 5.41) is 2.82. The van der Waals surface area contributed by atoms with Gasteiger partial charge in [-0.3, -0.25) is 9.59 Å². The number of nitrogens with two attached hydrogens (primary N) is 1. The Balaban J connectivity index is 2.16. The van der Waals surface area contributed by atoms with Gasteiger partial charge in [-0.05, 0) is 55.5 Å². The summed E-state index contributed by atoms with van der Waals surface area (Å²) in [5.74, 6) is -0.142. The summed E-state index contributed by atoms with van der Waals surface area (Å²) >= 11 is 0. The lowest BCUT2D eigenvalue weighted by Gasteiger charge is -2.15. The molecule has 0 spiro atoms. The molecular weight excluding hydrogens is 290 g/mol. The van der Waals surface area contributed by atoms with E-state index in [2.05, 4.69) is 10.3 Å². The molecule has 0 aliphatic rings. The standard InChI is InChI=1S/C18H23N3O2/c1-11(2)21-18(23)16(19)9-13-4-5-15(12(3)8-13)14-6-7-20-17(22)10-14/h4-8,10-11,16H,9,19H2,1-3H3,(H,20,22)(H,21,23)/t16-/m0/s1. The number of aromatic amines is 1. The van der Waals surface area contributed by atoms with E-state index in [0.29, 0.717) is 6.42 Å². The molecule has 0 unspecified atom stereocenters. The third-order valence-electron chi connectivity index (χ3n) is 3.60. The van der Waals surface area contributed by atoms with Crippen molar-refractivity contribution in [3.63, 3.8) is 0 Å². The zero-order valence-electron chi connectivity index (χ0n) is 13.7. The quantitative estimate of drug-likeness (QED) is 0.785. The van der Waals surface area contributed by atoms with Crippen LogP contribution in [0.5, 0.6) is 0 Å². The van der Waals surface area contributed by atoms with E-state index in [0.717, 1.165) is 22.3 Å². The van der Waals surface area contributed by atoms with Crippen molar-refractivity contribution in [3.8, 4) is 11.1 Å². The number of hydrogen-bond acceptors (Lipinski definition) is 3. The molecule has 0 aliphatic carbocycles. The second-order valence-corrected chi connectivity index (χ2v) is 6.06. The fourth-order valence-electron chi connectivity index (χ4n) is 2.53. The number of amides is 1. The van der Waals surface area contributed by atoms with Crippen molar-refractivity contribution < 1.29 is 4.79 Å². The summed E-state index contributed by atoms with van der Waals surface area (Å²) in [7, 11) is 0. The van der Waals surface area contributed by atoms with E-state index >= 15 is 0 Å². The van der Waals surface area contributed by atoms with Gasteiger partial charge < -0.3 is 16.0 Å². The SMILES string of the molecule is Cc1cc(C[C@H](N)C(=O)NC(C)C)ccc1-c1cc[nH]c(=O)c1. The molecule has 2 rings (SSSR count). The molecule has 1 atom stereocenters. The monoisotopic (exact) mass is 313 g/mol. The van der Waals surface area contributed by atoms with E-state index in [1.165, 1.54) is 0 Å². The van der Waals surface area contributed by atoms with Gasteiger partial charge in [0.05, 0.1) is 6.04 Å². The van der Waals surface area contributed by atoms with Crippen LogP contribution in [-0.2, 0) is 11.2 Å². The Morgan fingerprint density at radius 2 is 2.00 bits per heavy atom. The molecule has 0 saturated carbocycles. The Labute approximate surface area is 135 Å². The molecule has 1 heterocycles. The second kappa shape index (κ2) is 7.24. The Morgan fingerprint density at radius 3 is 2.61 bits per heavy atom. The summed E-state index contributed by atoms with van der Waals surface area (Å²) in [5.41, 5.74) is 9.76. The predicted octanol–water partition coefficient (Wildman–Crippen LogP) is 1.74. The number of aryl methyl sites for hydroxylation is 1. The number of carbonyl (C=O) groups is 1. The van der Waals surface area contributed by atoms with E-state index in [1.54, 1.807) is 12.3 Å². The molecule has 0 radical (unpaired) electrons. The number of aromatic nitrogens is 1. The molecule has 0 bridgehead atoms. The van der Waals surface area contributed by atoms with Gasteiger partial charge in [0.25, 0.3) is 0 Å². The van der Waals surface area contributed by atoms with Crippen molar-refractivity contribution in [2.75, 3.05) is 0 Å². The number of hydrogen-bond donors (Lipinski definition) is 3. The van der Waals surface area contributed by atoms with Crippen LogP contribution in [0.1, 0.15) is 25.0 Å². The third kappa shape index (κ3) is 4.53. The maximum absolute atomic E-state index is 11.9. The van der Waals surface area contributed by atoms with Gasteiger partial charge >= 0.3 is 0 Å². The molecule has 122 valence electrons. The van der Waals surface area contributed by atoms with Crippen molar-refractivity contribution in [2.24, 2.45) is 5.73 Å². The number of benzene rings is 1. The maximum atomic E-state index is 11.9. The van der Waals surface area contributed by atoms with Crippen LogP contribution in [0, 0.1) is 6.92 Å². The second-order valence-electron chi connectivity index (χ2n) is 6.06. The highest BCUT2D eigenvalue weighted by molar-refractivity contribution is 5.82. The Kier molecular flexibility index (Phi) is 5.34.